The average Bonchev–Trinajstić information content (AvgIpc) is 3.63. The molecule has 0 unspecified atom stereocenters. The lowest BCUT2D eigenvalue weighted by Gasteiger charge is -2.11. The quantitative estimate of drug-likeness (QED) is 0.0795. The molecule has 6 heteroatoms. The Kier molecular flexibility index (Phi) is 19.7. The Hall–Kier alpha value is -7.28. The average molecular weight is 900 g/mol. The number of rotatable bonds is 15. The number of fused-ring (bicyclic) bond motifs is 1. The Morgan fingerprint density at radius 2 is 1.13 bits per heavy atom. The molecule has 0 aliphatic heterocycles. The lowest BCUT2D eigenvalue weighted by molar-refractivity contribution is 0.737. The minimum absolute atomic E-state index is 0.614. The molecule has 340 valence electrons. The van der Waals surface area contributed by atoms with Gasteiger partial charge in [0, 0.05) is 50.9 Å². The van der Waals surface area contributed by atoms with Gasteiger partial charge in [0.1, 0.15) is 0 Å². The Morgan fingerprint density at radius 1 is 0.642 bits per heavy atom. The molecule has 0 radical (unpaired) electrons. The highest BCUT2D eigenvalue weighted by molar-refractivity contribution is 7.80. The first-order chi connectivity index (χ1) is 32.4. The van der Waals surface area contributed by atoms with Crippen molar-refractivity contribution in [3.63, 3.8) is 0 Å². The molecule has 0 aliphatic rings. The van der Waals surface area contributed by atoms with E-state index < -0.39 is 0 Å². The second kappa shape index (κ2) is 26.0. The number of benzene rings is 5. The van der Waals surface area contributed by atoms with Crippen LogP contribution in [0.25, 0.3) is 56.8 Å². The van der Waals surface area contributed by atoms with Crippen LogP contribution in [0.2, 0.25) is 0 Å². The van der Waals surface area contributed by atoms with Gasteiger partial charge in [-0.15, -0.1) is 0 Å². The molecule has 0 saturated heterocycles. The number of hydrogen-bond acceptors (Lipinski definition) is 5. The van der Waals surface area contributed by atoms with Crippen LogP contribution in [0.3, 0.4) is 0 Å². The highest BCUT2D eigenvalue weighted by Gasteiger charge is 2.17. The molecular formula is C61H65N5S. The van der Waals surface area contributed by atoms with E-state index >= 15 is 0 Å². The molecule has 5 aromatic carbocycles. The second-order valence-electron chi connectivity index (χ2n) is 16.9. The molecule has 0 amide bonds. The van der Waals surface area contributed by atoms with E-state index in [0.717, 1.165) is 90.1 Å². The monoisotopic (exact) mass is 899 g/mol. The lowest BCUT2D eigenvalue weighted by Crippen LogP contribution is -2.01. The number of allylic oxidation sites excluding steroid dienone is 11. The maximum atomic E-state index is 4.94. The predicted molar refractivity (Wildman–Crippen MR) is 295 cm³/mol. The summed E-state index contributed by atoms with van der Waals surface area (Å²) in [6.45, 7) is 27.8. The number of nitrogens with zero attached hydrogens (tertiary/aromatic N) is 4. The summed E-state index contributed by atoms with van der Waals surface area (Å²) in [5.74, 6) is 4.46. The van der Waals surface area contributed by atoms with Crippen molar-refractivity contribution >= 4 is 35.3 Å². The van der Waals surface area contributed by atoms with Crippen molar-refractivity contribution in [1.29, 1.82) is 0 Å². The van der Waals surface area contributed by atoms with Gasteiger partial charge in [0.05, 0.1) is 5.52 Å². The van der Waals surface area contributed by atoms with Crippen LogP contribution in [-0.2, 0) is 0 Å². The van der Waals surface area contributed by atoms with Crippen molar-refractivity contribution in [2.45, 2.75) is 48.5 Å². The van der Waals surface area contributed by atoms with Crippen molar-refractivity contribution in [1.82, 2.24) is 19.5 Å². The van der Waals surface area contributed by atoms with Crippen LogP contribution in [0.5, 0.6) is 0 Å². The smallest absolute Gasteiger partial charge is 0.164 e. The van der Waals surface area contributed by atoms with Crippen molar-refractivity contribution in [3.05, 3.63) is 242 Å². The highest BCUT2D eigenvalue weighted by Crippen LogP contribution is 2.34. The van der Waals surface area contributed by atoms with E-state index in [4.69, 9.17) is 15.0 Å². The summed E-state index contributed by atoms with van der Waals surface area (Å²) in [6, 6.07) is 47.1. The Balaban J connectivity index is 0.000000855. The Bertz CT molecular complexity index is 2800. The van der Waals surface area contributed by atoms with Gasteiger partial charge in [0.15, 0.2) is 17.5 Å². The van der Waals surface area contributed by atoms with E-state index in [0.29, 0.717) is 17.5 Å². The van der Waals surface area contributed by atoms with Crippen LogP contribution in [0.4, 0.5) is 5.69 Å². The highest BCUT2D eigenvalue weighted by atomic mass is 32.1. The predicted octanol–water partition coefficient (Wildman–Crippen LogP) is 16.7. The molecule has 0 spiro atoms. The van der Waals surface area contributed by atoms with E-state index in [9.17, 15) is 0 Å². The van der Waals surface area contributed by atoms with E-state index in [1.807, 2.05) is 134 Å². The number of hydrogen-bond donors (Lipinski definition) is 2. The van der Waals surface area contributed by atoms with Gasteiger partial charge in [-0.3, -0.25) is 0 Å². The van der Waals surface area contributed by atoms with Gasteiger partial charge in [-0.05, 0) is 114 Å². The Morgan fingerprint density at radius 3 is 1.64 bits per heavy atom. The van der Waals surface area contributed by atoms with Gasteiger partial charge >= 0.3 is 0 Å². The maximum Gasteiger partial charge on any atom is 0.164 e. The van der Waals surface area contributed by atoms with Gasteiger partial charge in [0.2, 0.25) is 0 Å². The van der Waals surface area contributed by atoms with Gasteiger partial charge in [-0.25, -0.2) is 15.0 Å². The molecule has 5 nitrogen and oxygen atoms in total. The third kappa shape index (κ3) is 14.9. The molecular weight excluding hydrogens is 835 g/mol. The minimum Gasteiger partial charge on any atom is -0.362 e. The fourth-order valence-electron chi connectivity index (χ4n) is 6.68. The van der Waals surface area contributed by atoms with Gasteiger partial charge in [0.25, 0.3) is 0 Å². The SMILES string of the molecule is C=CC(=C\c1c(C)n(-c2ccc(-c3nc(-c4ccccc4)nc(-c4ccccc4)n3)cc2)c2ccccc12)/C(/C=C\Nc1ccccc1)=C/C(=C)C(=C)/C=C\C=C/C.CC(C)C.CC(C)CS. The molecule has 0 bridgehead atoms. The van der Waals surface area contributed by atoms with Crippen LogP contribution >= 0.6 is 12.6 Å². The summed E-state index contributed by atoms with van der Waals surface area (Å²) in [5, 5.41) is 4.52. The summed E-state index contributed by atoms with van der Waals surface area (Å²) < 4.78 is 2.30. The summed E-state index contributed by atoms with van der Waals surface area (Å²) >= 11 is 4.02. The lowest BCUT2D eigenvalue weighted by atomic mass is 9.97. The summed E-state index contributed by atoms with van der Waals surface area (Å²) in [5.41, 5.74) is 11.6. The normalized spacial score (nSPS) is 11.8. The van der Waals surface area contributed by atoms with Crippen molar-refractivity contribution in [2.24, 2.45) is 11.8 Å². The van der Waals surface area contributed by atoms with E-state index in [-0.39, 0.29) is 0 Å². The van der Waals surface area contributed by atoms with Crippen molar-refractivity contribution in [3.8, 4) is 39.9 Å². The van der Waals surface area contributed by atoms with Crippen LogP contribution in [-0.4, -0.2) is 25.3 Å². The van der Waals surface area contributed by atoms with Gasteiger partial charge in [-0.1, -0.05) is 182 Å². The van der Waals surface area contributed by atoms with E-state index in [1.165, 1.54) is 0 Å². The number of para-hydroxylation sites is 2. The fraction of sp³-hybridized carbons (Fsp3) is 0.164. The number of anilines is 1. The van der Waals surface area contributed by atoms with E-state index in [1.54, 1.807) is 0 Å². The topological polar surface area (TPSA) is 55.6 Å². The standard InChI is InChI=1S/C53H45N5.C4H10S.C4H10/c1-6-8-12-21-38(3)39(4)36-45(34-35-54-46-26-17-11-18-27-46)41(7-2)37-49-40(5)58(50-29-20-19-28-48(49)50)47-32-30-44(31-33-47)53-56-51(42-22-13-9-14-23-42)55-52(57-53)43-24-15-10-16-25-43;1-4(2)3-5;1-4(2)3/h6-37,54H,2-4H2,1,5H3;4-5H,3H2,1-2H3;4H,1-3H3/b8-6-,21-12-,35-34-,41-37+,45-36+;;. The first kappa shape index (κ1) is 50.7. The largest absolute Gasteiger partial charge is 0.362 e. The third-order valence-electron chi connectivity index (χ3n) is 10.1. The Labute approximate surface area is 405 Å². The molecule has 7 aromatic rings. The molecule has 0 atom stereocenters. The van der Waals surface area contributed by atoms with Crippen LogP contribution in [0.15, 0.2) is 230 Å². The third-order valence-corrected chi connectivity index (χ3v) is 10.8. The summed E-state index contributed by atoms with van der Waals surface area (Å²) in [7, 11) is 0. The zero-order valence-corrected chi connectivity index (χ0v) is 41.1. The first-order valence-electron chi connectivity index (χ1n) is 22.8. The molecule has 0 fully saturated rings. The fourth-order valence-corrected chi connectivity index (χ4v) is 6.68. The summed E-state index contributed by atoms with van der Waals surface area (Å²) in [6.07, 6.45) is 18.1. The first-order valence-corrected chi connectivity index (χ1v) is 23.5. The van der Waals surface area contributed by atoms with E-state index in [2.05, 4.69) is 151 Å². The molecule has 2 aromatic heterocycles. The van der Waals surface area contributed by atoms with Crippen molar-refractivity contribution < 1.29 is 0 Å². The summed E-state index contributed by atoms with van der Waals surface area (Å²) in [4.78, 5) is 14.7. The number of thiol groups is 1. The number of nitrogens with one attached hydrogen (secondary N) is 1. The van der Waals surface area contributed by atoms with Gasteiger partial charge in [-0.2, -0.15) is 12.6 Å². The van der Waals surface area contributed by atoms with Crippen molar-refractivity contribution in [2.75, 3.05) is 11.1 Å². The van der Waals surface area contributed by atoms with Gasteiger partial charge < -0.3 is 9.88 Å². The molecule has 2 heterocycles. The van der Waals surface area contributed by atoms with Crippen LogP contribution < -0.4 is 5.32 Å². The molecule has 0 aliphatic carbocycles. The zero-order chi connectivity index (χ0) is 48.1. The molecule has 0 saturated carbocycles. The zero-order valence-electron chi connectivity index (χ0n) is 40.2. The number of aromatic nitrogens is 4. The van der Waals surface area contributed by atoms with Crippen LogP contribution in [0.1, 0.15) is 52.8 Å². The maximum absolute atomic E-state index is 4.94. The second-order valence-corrected chi connectivity index (χ2v) is 17.3. The molecule has 1 N–H and O–H groups in total. The molecule has 67 heavy (non-hydrogen) atoms. The van der Waals surface area contributed by atoms with Crippen LogP contribution in [0, 0.1) is 18.8 Å². The minimum atomic E-state index is 0.614. The molecule has 7 rings (SSSR count).